The Labute approximate surface area is 164 Å². The number of non-ortho nitro benzene ring substituents is 1. The molecule has 3 rings (SSSR count). The monoisotopic (exact) mass is 392 g/mol. The Morgan fingerprint density at radius 1 is 0.897 bits per heavy atom. The van der Waals surface area contributed by atoms with Gasteiger partial charge in [-0.15, -0.1) is 0 Å². The zero-order chi connectivity index (χ0) is 21.0. The van der Waals surface area contributed by atoms with Crippen molar-refractivity contribution in [1.29, 1.82) is 0 Å². The number of benzene rings is 3. The summed E-state index contributed by atoms with van der Waals surface area (Å²) in [4.78, 5) is 20.8. The molecule has 0 unspecified atom stereocenters. The van der Waals surface area contributed by atoms with Crippen molar-refractivity contribution >= 4 is 34.1 Å². The number of nitrogens with two attached hydrogens (primary N) is 2. The standard InChI is InChI=1S/C19H16N6O4/c20-13-7-5-12(6-8-13)19(15-3-1-2-4-16(15)21)23-22-17-10-9-14(24(26)27)11-18(17)25(28)29/h1-11,22H,20-21H2/b23-19-. The van der Waals surface area contributed by atoms with Crippen LogP contribution in [0.25, 0.3) is 0 Å². The van der Waals surface area contributed by atoms with Gasteiger partial charge in [-0.1, -0.05) is 30.3 Å². The molecule has 0 aliphatic heterocycles. The highest BCUT2D eigenvalue weighted by molar-refractivity contribution is 6.16. The number of nitro groups is 2. The lowest BCUT2D eigenvalue weighted by Gasteiger charge is -2.11. The molecule has 0 saturated carbocycles. The van der Waals surface area contributed by atoms with Crippen LogP contribution in [0.5, 0.6) is 0 Å². The summed E-state index contributed by atoms with van der Waals surface area (Å²) >= 11 is 0. The molecule has 0 aliphatic rings. The molecule has 3 aromatic rings. The summed E-state index contributed by atoms with van der Waals surface area (Å²) in [7, 11) is 0. The maximum absolute atomic E-state index is 11.3. The van der Waals surface area contributed by atoms with Crippen molar-refractivity contribution in [3.05, 3.63) is 98.1 Å². The quantitative estimate of drug-likeness (QED) is 0.250. The van der Waals surface area contributed by atoms with Crippen LogP contribution in [-0.2, 0) is 0 Å². The molecular formula is C19H16N6O4. The normalized spacial score (nSPS) is 11.1. The minimum Gasteiger partial charge on any atom is -0.399 e. The average Bonchev–Trinajstić information content (AvgIpc) is 2.70. The van der Waals surface area contributed by atoms with Gasteiger partial charge in [0.2, 0.25) is 0 Å². The van der Waals surface area contributed by atoms with Crippen LogP contribution in [0.4, 0.5) is 28.4 Å². The summed E-state index contributed by atoms with van der Waals surface area (Å²) in [6.07, 6.45) is 0. The van der Waals surface area contributed by atoms with Gasteiger partial charge in [-0.05, 0) is 24.3 Å². The lowest BCUT2D eigenvalue weighted by atomic mass is 10.0. The van der Waals surface area contributed by atoms with E-state index < -0.39 is 21.2 Å². The van der Waals surface area contributed by atoms with Gasteiger partial charge in [0, 0.05) is 28.6 Å². The fourth-order valence-corrected chi connectivity index (χ4v) is 2.63. The van der Waals surface area contributed by atoms with E-state index in [1.807, 2.05) is 0 Å². The summed E-state index contributed by atoms with van der Waals surface area (Å²) in [6, 6.07) is 17.2. The molecule has 0 spiro atoms. The van der Waals surface area contributed by atoms with E-state index in [1.54, 1.807) is 48.5 Å². The number of para-hydroxylation sites is 1. The van der Waals surface area contributed by atoms with Gasteiger partial charge in [-0.25, -0.2) is 0 Å². The Morgan fingerprint density at radius 3 is 2.21 bits per heavy atom. The Hall–Kier alpha value is -4.47. The van der Waals surface area contributed by atoms with Crippen LogP contribution in [0.15, 0.2) is 71.8 Å². The van der Waals surface area contributed by atoms with Crippen LogP contribution >= 0.6 is 0 Å². The minimum atomic E-state index is -0.718. The molecule has 29 heavy (non-hydrogen) atoms. The van der Waals surface area contributed by atoms with Crippen LogP contribution in [0.1, 0.15) is 11.1 Å². The minimum absolute atomic E-state index is 0.00282. The number of nitrogens with one attached hydrogen (secondary N) is 1. The average molecular weight is 392 g/mol. The Kier molecular flexibility index (Phi) is 5.35. The van der Waals surface area contributed by atoms with Crippen molar-refractivity contribution in [3.63, 3.8) is 0 Å². The van der Waals surface area contributed by atoms with E-state index in [9.17, 15) is 20.2 Å². The number of anilines is 3. The third-order valence-corrected chi connectivity index (χ3v) is 4.08. The largest absolute Gasteiger partial charge is 0.399 e. The zero-order valence-corrected chi connectivity index (χ0v) is 15.0. The third-order valence-electron chi connectivity index (χ3n) is 4.08. The van der Waals surface area contributed by atoms with Gasteiger partial charge in [-0.3, -0.25) is 25.7 Å². The van der Waals surface area contributed by atoms with Gasteiger partial charge >= 0.3 is 5.69 Å². The van der Waals surface area contributed by atoms with Crippen LogP contribution in [0, 0.1) is 20.2 Å². The Morgan fingerprint density at radius 2 is 1.59 bits per heavy atom. The summed E-state index contributed by atoms with van der Waals surface area (Å²) in [6.45, 7) is 0. The van der Waals surface area contributed by atoms with Crippen molar-refractivity contribution in [2.45, 2.75) is 0 Å². The topological polar surface area (TPSA) is 163 Å². The second kappa shape index (κ2) is 8.05. The SMILES string of the molecule is Nc1ccc(/C(=N/Nc2ccc([N+](=O)[O-])cc2[N+](=O)[O-])c2ccccc2N)cc1. The van der Waals surface area contributed by atoms with Crippen molar-refractivity contribution < 1.29 is 9.85 Å². The highest BCUT2D eigenvalue weighted by Gasteiger charge is 2.20. The maximum Gasteiger partial charge on any atom is 0.301 e. The Bertz CT molecular complexity index is 1110. The first kappa shape index (κ1) is 19.3. The molecule has 5 N–H and O–H groups in total. The number of hydrogen-bond donors (Lipinski definition) is 3. The molecule has 0 fully saturated rings. The molecule has 0 aliphatic carbocycles. The summed E-state index contributed by atoms with van der Waals surface area (Å²) in [5.74, 6) is 0. The number of hydrazone groups is 1. The van der Waals surface area contributed by atoms with E-state index in [-0.39, 0.29) is 5.69 Å². The lowest BCUT2D eigenvalue weighted by molar-refractivity contribution is -0.393. The van der Waals surface area contributed by atoms with Gasteiger partial charge in [0.25, 0.3) is 5.69 Å². The molecule has 10 heteroatoms. The van der Waals surface area contributed by atoms with Crippen LogP contribution < -0.4 is 16.9 Å². The highest BCUT2D eigenvalue weighted by Crippen LogP contribution is 2.29. The molecule has 0 atom stereocenters. The smallest absolute Gasteiger partial charge is 0.301 e. The molecule has 3 aromatic carbocycles. The first-order chi connectivity index (χ1) is 13.9. The van der Waals surface area contributed by atoms with Crippen LogP contribution in [0.3, 0.4) is 0 Å². The molecular weight excluding hydrogens is 376 g/mol. The van der Waals surface area contributed by atoms with E-state index in [0.717, 1.165) is 12.1 Å². The lowest BCUT2D eigenvalue weighted by Crippen LogP contribution is -2.10. The fraction of sp³-hybridized carbons (Fsp3) is 0. The first-order valence-electron chi connectivity index (χ1n) is 8.34. The van der Waals surface area contributed by atoms with Crippen molar-refractivity contribution in [3.8, 4) is 0 Å². The van der Waals surface area contributed by atoms with Crippen molar-refractivity contribution in [2.75, 3.05) is 16.9 Å². The second-order valence-corrected chi connectivity index (χ2v) is 6.00. The van der Waals surface area contributed by atoms with E-state index in [1.165, 1.54) is 6.07 Å². The van der Waals surface area contributed by atoms with E-state index in [4.69, 9.17) is 11.5 Å². The number of nitrogens with zero attached hydrogens (tertiary/aromatic N) is 3. The molecule has 0 aromatic heterocycles. The molecule has 0 amide bonds. The molecule has 146 valence electrons. The van der Waals surface area contributed by atoms with Crippen LogP contribution in [0.2, 0.25) is 0 Å². The number of nitro benzene ring substituents is 2. The zero-order valence-electron chi connectivity index (χ0n) is 15.0. The number of hydrogen-bond acceptors (Lipinski definition) is 8. The number of nitrogen functional groups attached to an aromatic ring is 2. The third kappa shape index (κ3) is 4.27. The maximum atomic E-state index is 11.3. The highest BCUT2D eigenvalue weighted by atomic mass is 16.6. The Balaban J connectivity index is 2.08. The van der Waals surface area contributed by atoms with Crippen LogP contribution in [-0.4, -0.2) is 15.6 Å². The predicted molar refractivity (Wildman–Crippen MR) is 111 cm³/mol. The predicted octanol–water partition coefficient (Wildman–Crippen LogP) is 3.53. The summed E-state index contributed by atoms with van der Waals surface area (Å²) in [5, 5.41) is 26.5. The second-order valence-electron chi connectivity index (χ2n) is 6.00. The van der Waals surface area contributed by atoms with Gasteiger partial charge in [0.1, 0.15) is 5.69 Å². The molecule has 0 radical (unpaired) electrons. The molecule has 10 nitrogen and oxygen atoms in total. The fourth-order valence-electron chi connectivity index (χ4n) is 2.63. The van der Waals surface area contributed by atoms with E-state index >= 15 is 0 Å². The van der Waals surface area contributed by atoms with Gasteiger partial charge in [0.15, 0.2) is 0 Å². The molecule has 0 bridgehead atoms. The van der Waals surface area contributed by atoms with Gasteiger partial charge in [-0.2, -0.15) is 5.10 Å². The first-order valence-corrected chi connectivity index (χ1v) is 8.34. The van der Waals surface area contributed by atoms with Crippen molar-refractivity contribution in [1.82, 2.24) is 0 Å². The summed E-state index contributed by atoms with van der Waals surface area (Å²) in [5.41, 5.74) is 16.3. The van der Waals surface area contributed by atoms with E-state index in [0.29, 0.717) is 28.2 Å². The number of rotatable bonds is 6. The summed E-state index contributed by atoms with van der Waals surface area (Å²) < 4.78 is 0. The molecule has 0 saturated heterocycles. The van der Waals surface area contributed by atoms with Gasteiger partial charge < -0.3 is 11.5 Å². The molecule has 0 heterocycles. The van der Waals surface area contributed by atoms with Gasteiger partial charge in [0.05, 0.1) is 21.6 Å². The van der Waals surface area contributed by atoms with Crippen molar-refractivity contribution in [2.24, 2.45) is 5.10 Å². The van der Waals surface area contributed by atoms with E-state index in [2.05, 4.69) is 10.5 Å².